The lowest BCUT2D eigenvalue weighted by atomic mass is 10.2. The molecule has 0 aliphatic carbocycles. The number of nitrogen functional groups attached to an aromatic ring is 1. The van der Waals surface area contributed by atoms with Gasteiger partial charge in [0.15, 0.2) is 0 Å². The minimum atomic E-state index is -4.70. The maximum atomic E-state index is 12.7. The third kappa shape index (κ3) is 4.53. The second-order valence-corrected chi connectivity index (χ2v) is 6.35. The van der Waals surface area contributed by atoms with Gasteiger partial charge in [0.1, 0.15) is 10.6 Å². The van der Waals surface area contributed by atoms with Crippen molar-refractivity contribution in [2.45, 2.75) is 11.1 Å². The lowest BCUT2D eigenvalue weighted by Gasteiger charge is -2.12. The summed E-state index contributed by atoms with van der Waals surface area (Å²) >= 11 is 0. The molecule has 2 rings (SSSR count). The predicted octanol–water partition coefficient (Wildman–Crippen LogP) is 2.55. The van der Waals surface area contributed by atoms with Crippen LogP contribution >= 0.6 is 0 Å². The number of carbonyl (C=O) groups is 1. The molecule has 11 heteroatoms. The van der Waals surface area contributed by atoms with Crippen LogP contribution in [0.5, 0.6) is 5.75 Å². The summed E-state index contributed by atoms with van der Waals surface area (Å²) in [6.07, 6.45) is -4.70. The molecule has 0 spiro atoms. The van der Waals surface area contributed by atoms with Crippen LogP contribution in [0.15, 0.2) is 47.4 Å². The van der Waals surface area contributed by atoms with E-state index in [0.29, 0.717) is 6.07 Å². The number of rotatable bonds is 4. The van der Waals surface area contributed by atoms with Crippen molar-refractivity contribution in [3.8, 4) is 5.75 Å². The summed E-state index contributed by atoms with van der Waals surface area (Å²) in [4.78, 5) is 10.1. The zero-order chi connectivity index (χ0) is 18.8. The number of alkyl halides is 3. The second kappa shape index (κ2) is 6.51. The van der Waals surface area contributed by atoms with Gasteiger partial charge in [-0.15, -0.1) is 0 Å². The molecule has 0 aliphatic rings. The van der Waals surface area contributed by atoms with Crippen LogP contribution in [-0.2, 0) is 16.3 Å². The molecule has 134 valence electrons. The summed E-state index contributed by atoms with van der Waals surface area (Å²) in [5.41, 5.74) is 9.50. The first-order valence-corrected chi connectivity index (χ1v) is 7.97. The molecule has 2 aromatic rings. The fourth-order valence-electron chi connectivity index (χ4n) is 1.84. The number of hydrogen-bond acceptors (Lipinski definition) is 5. The monoisotopic (exact) mass is 375 g/mol. The second-order valence-electron chi connectivity index (χ2n) is 4.80. The van der Waals surface area contributed by atoms with E-state index < -0.39 is 32.8 Å². The first kappa shape index (κ1) is 18.4. The highest BCUT2D eigenvalue weighted by atomic mass is 32.2. The van der Waals surface area contributed by atoms with Crippen molar-refractivity contribution in [1.29, 1.82) is 0 Å². The molecule has 0 atom stereocenters. The summed E-state index contributed by atoms with van der Waals surface area (Å²) < 4.78 is 67.1. The van der Waals surface area contributed by atoms with Gasteiger partial charge >= 0.3 is 22.3 Å². The van der Waals surface area contributed by atoms with Gasteiger partial charge in [-0.25, -0.2) is 4.79 Å². The number of benzene rings is 2. The SMILES string of the molecule is NC(=O)Nc1ccc(OS(=O)(=O)c2cccc(C(F)(F)F)c2)cc1N. The number of anilines is 2. The van der Waals surface area contributed by atoms with Gasteiger partial charge < -0.3 is 21.0 Å². The third-order valence-corrected chi connectivity index (χ3v) is 4.18. The number of nitrogens with two attached hydrogens (primary N) is 2. The Balaban J connectivity index is 2.30. The smallest absolute Gasteiger partial charge is 0.397 e. The Hall–Kier alpha value is -2.95. The van der Waals surface area contributed by atoms with Crippen LogP contribution in [0, 0.1) is 0 Å². The molecule has 0 radical (unpaired) electrons. The van der Waals surface area contributed by atoms with Crippen molar-refractivity contribution >= 4 is 27.5 Å². The molecule has 0 fully saturated rings. The normalized spacial score (nSPS) is 11.8. The highest BCUT2D eigenvalue weighted by Gasteiger charge is 2.32. The zero-order valence-electron chi connectivity index (χ0n) is 12.4. The molecule has 0 aromatic heterocycles. The molecular formula is C14H12F3N3O4S. The fraction of sp³-hybridized carbons (Fsp3) is 0.0714. The average Bonchev–Trinajstić information content (AvgIpc) is 2.49. The number of primary amides is 1. The van der Waals surface area contributed by atoms with E-state index in [4.69, 9.17) is 15.7 Å². The Morgan fingerprint density at radius 3 is 2.36 bits per heavy atom. The van der Waals surface area contributed by atoms with Crippen LogP contribution in [0.3, 0.4) is 0 Å². The molecule has 5 N–H and O–H groups in total. The van der Waals surface area contributed by atoms with Crippen LogP contribution in [0.1, 0.15) is 5.56 Å². The maximum Gasteiger partial charge on any atom is 0.416 e. The van der Waals surface area contributed by atoms with Gasteiger partial charge in [-0.1, -0.05) is 6.07 Å². The minimum Gasteiger partial charge on any atom is -0.397 e. The number of amides is 2. The molecular weight excluding hydrogens is 363 g/mol. The Kier molecular flexibility index (Phi) is 4.79. The molecule has 0 bridgehead atoms. The van der Waals surface area contributed by atoms with E-state index in [1.807, 2.05) is 0 Å². The summed E-state index contributed by atoms with van der Waals surface area (Å²) in [6.45, 7) is 0. The third-order valence-electron chi connectivity index (χ3n) is 2.94. The van der Waals surface area contributed by atoms with E-state index in [9.17, 15) is 26.4 Å². The summed E-state index contributed by atoms with van der Waals surface area (Å²) in [6, 6.07) is 5.71. The molecule has 0 unspecified atom stereocenters. The van der Waals surface area contributed by atoms with E-state index in [0.717, 1.165) is 30.3 Å². The van der Waals surface area contributed by atoms with Gasteiger partial charge in [0.2, 0.25) is 0 Å². The van der Waals surface area contributed by atoms with Crippen molar-refractivity contribution in [2.75, 3.05) is 11.1 Å². The van der Waals surface area contributed by atoms with Crippen molar-refractivity contribution in [1.82, 2.24) is 0 Å². The van der Waals surface area contributed by atoms with E-state index in [1.165, 1.54) is 6.07 Å². The van der Waals surface area contributed by atoms with Crippen molar-refractivity contribution < 1.29 is 30.6 Å². The quantitative estimate of drug-likeness (QED) is 0.559. The summed E-state index contributed by atoms with van der Waals surface area (Å²) in [5, 5.41) is 2.20. The van der Waals surface area contributed by atoms with E-state index in [2.05, 4.69) is 5.32 Å². The first-order chi connectivity index (χ1) is 11.5. The average molecular weight is 375 g/mol. The zero-order valence-corrected chi connectivity index (χ0v) is 13.2. The molecule has 2 amide bonds. The van der Waals surface area contributed by atoms with Crippen molar-refractivity contribution in [2.24, 2.45) is 5.73 Å². The molecule has 0 heterocycles. The van der Waals surface area contributed by atoms with Gasteiger partial charge in [0.05, 0.1) is 16.9 Å². The van der Waals surface area contributed by atoms with Crippen LogP contribution in [0.25, 0.3) is 0 Å². The number of halogens is 3. The van der Waals surface area contributed by atoms with Crippen LogP contribution in [0.2, 0.25) is 0 Å². The number of hydrogen-bond donors (Lipinski definition) is 3. The van der Waals surface area contributed by atoms with Gasteiger partial charge in [-0.2, -0.15) is 21.6 Å². The molecule has 0 aliphatic heterocycles. The maximum absolute atomic E-state index is 12.7. The highest BCUT2D eigenvalue weighted by molar-refractivity contribution is 7.87. The van der Waals surface area contributed by atoms with Crippen LogP contribution in [-0.4, -0.2) is 14.4 Å². The fourth-order valence-corrected chi connectivity index (χ4v) is 2.81. The Morgan fingerprint density at radius 1 is 1.12 bits per heavy atom. The van der Waals surface area contributed by atoms with Crippen LogP contribution in [0.4, 0.5) is 29.3 Å². The van der Waals surface area contributed by atoms with Gasteiger partial charge in [0, 0.05) is 6.07 Å². The molecule has 0 saturated heterocycles. The molecule has 7 nitrogen and oxygen atoms in total. The highest BCUT2D eigenvalue weighted by Crippen LogP contribution is 2.31. The number of nitrogens with one attached hydrogen (secondary N) is 1. The summed E-state index contributed by atoms with van der Waals surface area (Å²) in [5.74, 6) is -0.245. The van der Waals surface area contributed by atoms with E-state index >= 15 is 0 Å². The molecule has 25 heavy (non-hydrogen) atoms. The predicted molar refractivity (Wildman–Crippen MR) is 83.3 cm³/mol. The Labute approximate surface area is 140 Å². The summed E-state index contributed by atoms with van der Waals surface area (Å²) in [7, 11) is -4.52. The van der Waals surface area contributed by atoms with Gasteiger partial charge in [-0.05, 0) is 30.3 Å². The minimum absolute atomic E-state index is 0.0458. The molecule has 2 aromatic carbocycles. The Bertz CT molecular complexity index is 914. The van der Waals surface area contributed by atoms with E-state index in [-0.39, 0.29) is 17.1 Å². The standard InChI is InChI=1S/C14H12F3N3O4S/c15-14(16,17)8-2-1-3-10(6-8)25(22,23)24-9-4-5-12(11(18)7-9)20-13(19)21/h1-7H,18H2,(H3,19,20,21). The van der Waals surface area contributed by atoms with Crippen LogP contribution < -0.4 is 21.0 Å². The Morgan fingerprint density at radius 2 is 1.80 bits per heavy atom. The largest absolute Gasteiger partial charge is 0.416 e. The molecule has 0 saturated carbocycles. The first-order valence-electron chi connectivity index (χ1n) is 6.57. The number of carbonyl (C=O) groups excluding carboxylic acids is 1. The van der Waals surface area contributed by atoms with Crippen molar-refractivity contribution in [3.63, 3.8) is 0 Å². The lowest BCUT2D eigenvalue weighted by molar-refractivity contribution is -0.137. The topological polar surface area (TPSA) is 125 Å². The van der Waals surface area contributed by atoms with Crippen molar-refractivity contribution in [3.05, 3.63) is 48.0 Å². The van der Waals surface area contributed by atoms with Gasteiger partial charge in [0.25, 0.3) is 0 Å². The van der Waals surface area contributed by atoms with E-state index in [1.54, 1.807) is 0 Å². The number of urea groups is 1. The lowest BCUT2D eigenvalue weighted by Crippen LogP contribution is -2.20. The van der Waals surface area contributed by atoms with Gasteiger partial charge in [-0.3, -0.25) is 0 Å².